The van der Waals surface area contributed by atoms with Crippen LogP contribution in [0.4, 0.5) is 9.39 Å². The number of rotatable bonds is 4. The summed E-state index contributed by atoms with van der Waals surface area (Å²) in [5.41, 5.74) is 1.66. The van der Waals surface area contributed by atoms with E-state index in [1.54, 1.807) is 13.8 Å². The molecule has 1 amide bonds. The highest BCUT2D eigenvalue weighted by atomic mass is 32.1. The number of carbonyl (C=O) groups excluding carboxylic acids is 2. The van der Waals surface area contributed by atoms with Crippen LogP contribution in [0, 0.1) is 5.82 Å². The molecule has 132 valence electrons. The van der Waals surface area contributed by atoms with Gasteiger partial charge >= 0.3 is 5.97 Å². The van der Waals surface area contributed by atoms with E-state index in [4.69, 9.17) is 4.74 Å². The number of fused-ring (bicyclic) bond motifs is 1. The van der Waals surface area contributed by atoms with Crippen molar-refractivity contribution in [3.05, 3.63) is 51.7 Å². The highest BCUT2D eigenvalue weighted by molar-refractivity contribution is 7.17. The Hall–Kier alpha value is -2.21. The summed E-state index contributed by atoms with van der Waals surface area (Å²) in [4.78, 5) is 26.1. The number of aryl methyl sites for hydroxylation is 1. The van der Waals surface area contributed by atoms with Gasteiger partial charge in [0.2, 0.25) is 0 Å². The quantitative estimate of drug-likeness (QED) is 0.811. The molecule has 1 heterocycles. The van der Waals surface area contributed by atoms with E-state index in [0.29, 0.717) is 10.6 Å². The van der Waals surface area contributed by atoms with Gasteiger partial charge in [-0.05, 0) is 63.3 Å². The number of anilines is 1. The van der Waals surface area contributed by atoms with Crippen LogP contribution >= 0.6 is 11.3 Å². The highest BCUT2D eigenvalue weighted by Crippen LogP contribution is 2.39. The van der Waals surface area contributed by atoms with Crippen LogP contribution < -0.4 is 5.32 Å². The van der Waals surface area contributed by atoms with Crippen molar-refractivity contribution in [1.82, 2.24) is 0 Å². The molecule has 1 aromatic carbocycles. The zero-order valence-corrected chi connectivity index (χ0v) is 15.0. The number of hydrogen-bond acceptors (Lipinski definition) is 4. The summed E-state index contributed by atoms with van der Waals surface area (Å²) in [6.07, 6.45) is 3.56. The van der Waals surface area contributed by atoms with E-state index in [1.165, 1.54) is 35.6 Å². The van der Waals surface area contributed by atoms with Crippen LogP contribution in [0.1, 0.15) is 57.8 Å². The molecule has 0 aliphatic heterocycles. The smallest absolute Gasteiger partial charge is 0.341 e. The normalized spacial score (nSPS) is 13.4. The Bertz CT molecular complexity index is 813. The minimum atomic E-state index is -0.474. The van der Waals surface area contributed by atoms with Crippen molar-refractivity contribution >= 4 is 28.2 Å². The Morgan fingerprint density at radius 1 is 1.24 bits per heavy atom. The van der Waals surface area contributed by atoms with Crippen molar-refractivity contribution in [2.24, 2.45) is 0 Å². The van der Waals surface area contributed by atoms with Crippen LogP contribution in [0.5, 0.6) is 0 Å². The Morgan fingerprint density at radius 3 is 2.72 bits per heavy atom. The fraction of sp³-hybridized carbons (Fsp3) is 0.368. The van der Waals surface area contributed by atoms with E-state index in [0.717, 1.165) is 36.1 Å². The molecule has 0 bridgehead atoms. The van der Waals surface area contributed by atoms with Gasteiger partial charge in [0.25, 0.3) is 5.91 Å². The van der Waals surface area contributed by atoms with Crippen LogP contribution in [0.15, 0.2) is 24.3 Å². The molecule has 0 radical (unpaired) electrons. The number of halogens is 1. The van der Waals surface area contributed by atoms with E-state index in [2.05, 4.69) is 5.32 Å². The largest absolute Gasteiger partial charge is 0.459 e. The van der Waals surface area contributed by atoms with E-state index >= 15 is 0 Å². The molecule has 1 N–H and O–H groups in total. The summed E-state index contributed by atoms with van der Waals surface area (Å²) in [5, 5.41) is 3.27. The second-order valence-electron chi connectivity index (χ2n) is 6.33. The average Bonchev–Trinajstić information content (AvgIpc) is 2.92. The number of nitrogens with one attached hydrogen (secondary N) is 1. The molecular weight excluding hydrogens is 341 g/mol. The lowest BCUT2D eigenvalue weighted by Gasteiger charge is -2.14. The zero-order valence-electron chi connectivity index (χ0n) is 14.2. The van der Waals surface area contributed by atoms with Crippen LogP contribution in [0.3, 0.4) is 0 Å². The summed E-state index contributed by atoms with van der Waals surface area (Å²) in [6.45, 7) is 3.59. The number of thiophene rings is 1. The van der Waals surface area contributed by atoms with Crippen LogP contribution in [-0.4, -0.2) is 18.0 Å². The fourth-order valence-electron chi connectivity index (χ4n) is 2.95. The predicted octanol–water partition coefficient (Wildman–Crippen LogP) is 4.58. The van der Waals surface area contributed by atoms with E-state index < -0.39 is 17.7 Å². The number of benzene rings is 1. The first-order valence-corrected chi connectivity index (χ1v) is 9.19. The molecule has 2 aromatic rings. The molecule has 4 nitrogen and oxygen atoms in total. The van der Waals surface area contributed by atoms with E-state index in [1.807, 2.05) is 0 Å². The maximum atomic E-state index is 13.4. The standard InChI is InChI=1S/C19H20FNO3S/c1-11(2)24-19(23)16-14-8-3-4-9-15(14)25-18(16)21-17(22)12-6-5-7-13(20)10-12/h5-7,10-11H,3-4,8-9H2,1-2H3,(H,21,22). The summed E-state index contributed by atoms with van der Waals surface area (Å²) in [5.74, 6) is -1.32. The van der Waals surface area contributed by atoms with Crippen molar-refractivity contribution in [3.8, 4) is 0 Å². The van der Waals surface area contributed by atoms with Crippen molar-refractivity contribution in [1.29, 1.82) is 0 Å². The molecule has 0 fully saturated rings. The first-order chi connectivity index (χ1) is 12.0. The molecule has 1 aliphatic rings. The molecule has 0 spiro atoms. The topological polar surface area (TPSA) is 55.4 Å². The number of esters is 1. The van der Waals surface area contributed by atoms with Crippen LogP contribution in [0.2, 0.25) is 0 Å². The van der Waals surface area contributed by atoms with Gasteiger partial charge in [-0.25, -0.2) is 9.18 Å². The molecule has 1 aromatic heterocycles. The van der Waals surface area contributed by atoms with Crippen molar-refractivity contribution < 1.29 is 18.7 Å². The maximum absolute atomic E-state index is 13.4. The third-order valence-corrected chi connectivity index (χ3v) is 5.24. The highest BCUT2D eigenvalue weighted by Gasteiger charge is 2.28. The third-order valence-electron chi connectivity index (χ3n) is 4.03. The number of carbonyl (C=O) groups is 2. The number of ether oxygens (including phenoxy) is 1. The van der Waals surface area contributed by atoms with Crippen LogP contribution in [0.25, 0.3) is 0 Å². The van der Waals surface area contributed by atoms with Crippen molar-refractivity contribution in [2.75, 3.05) is 5.32 Å². The lowest BCUT2D eigenvalue weighted by Crippen LogP contribution is -2.18. The molecule has 0 atom stereocenters. The molecular formula is C19H20FNO3S. The zero-order chi connectivity index (χ0) is 18.0. The summed E-state index contributed by atoms with van der Waals surface area (Å²) in [7, 11) is 0. The van der Waals surface area contributed by atoms with Gasteiger partial charge in [0.15, 0.2) is 0 Å². The van der Waals surface area contributed by atoms with Gasteiger partial charge in [0.1, 0.15) is 10.8 Å². The molecule has 0 saturated carbocycles. The molecule has 0 saturated heterocycles. The lowest BCUT2D eigenvalue weighted by atomic mass is 9.95. The molecule has 0 unspecified atom stereocenters. The molecule has 6 heteroatoms. The monoisotopic (exact) mass is 361 g/mol. The average molecular weight is 361 g/mol. The predicted molar refractivity (Wildman–Crippen MR) is 95.9 cm³/mol. The Morgan fingerprint density at radius 2 is 2.00 bits per heavy atom. The fourth-order valence-corrected chi connectivity index (χ4v) is 4.22. The Labute approximate surface area is 150 Å². The van der Waals surface area contributed by atoms with Gasteiger partial charge in [-0.15, -0.1) is 11.3 Å². The van der Waals surface area contributed by atoms with Gasteiger partial charge in [-0.1, -0.05) is 6.07 Å². The number of hydrogen-bond donors (Lipinski definition) is 1. The van der Waals surface area contributed by atoms with Crippen LogP contribution in [-0.2, 0) is 17.6 Å². The van der Waals surface area contributed by atoms with Gasteiger partial charge in [0.05, 0.1) is 11.7 Å². The summed E-state index contributed by atoms with van der Waals surface area (Å²) < 4.78 is 18.7. The van der Waals surface area contributed by atoms with Gasteiger partial charge in [-0.2, -0.15) is 0 Å². The molecule has 25 heavy (non-hydrogen) atoms. The van der Waals surface area contributed by atoms with Gasteiger partial charge in [0, 0.05) is 10.4 Å². The minimum absolute atomic E-state index is 0.217. The van der Waals surface area contributed by atoms with E-state index in [9.17, 15) is 14.0 Å². The second-order valence-corrected chi connectivity index (χ2v) is 7.44. The maximum Gasteiger partial charge on any atom is 0.341 e. The first-order valence-electron chi connectivity index (χ1n) is 8.38. The molecule has 3 rings (SSSR count). The summed E-state index contributed by atoms with van der Waals surface area (Å²) >= 11 is 1.42. The number of amides is 1. The first kappa shape index (κ1) is 17.6. The van der Waals surface area contributed by atoms with Gasteiger partial charge in [-0.3, -0.25) is 4.79 Å². The van der Waals surface area contributed by atoms with Gasteiger partial charge < -0.3 is 10.1 Å². The second kappa shape index (κ2) is 7.35. The van der Waals surface area contributed by atoms with Crippen molar-refractivity contribution in [3.63, 3.8) is 0 Å². The van der Waals surface area contributed by atoms with E-state index in [-0.39, 0.29) is 11.7 Å². The Kier molecular flexibility index (Phi) is 5.18. The third kappa shape index (κ3) is 3.90. The van der Waals surface area contributed by atoms with Crippen molar-refractivity contribution in [2.45, 2.75) is 45.6 Å². The summed E-state index contributed by atoms with van der Waals surface area (Å²) in [6, 6.07) is 5.48. The lowest BCUT2D eigenvalue weighted by molar-refractivity contribution is 0.0378. The molecule has 1 aliphatic carbocycles. The SMILES string of the molecule is CC(C)OC(=O)c1c(NC(=O)c2cccc(F)c2)sc2c1CCCC2. The Balaban J connectivity index is 1.93. The minimum Gasteiger partial charge on any atom is -0.459 e.